The maximum absolute atomic E-state index is 6.15. The zero-order chi connectivity index (χ0) is 17.9. The van der Waals surface area contributed by atoms with Crippen molar-refractivity contribution in [3.63, 3.8) is 0 Å². The van der Waals surface area contributed by atoms with Gasteiger partial charge in [-0.2, -0.15) is 0 Å². The third-order valence-electron chi connectivity index (χ3n) is 4.08. The van der Waals surface area contributed by atoms with Crippen LogP contribution in [0.3, 0.4) is 0 Å². The van der Waals surface area contributed by atoms with Gasteiger partial charge in [-0.25, -0.2) is 0 Å². The van der Waals surface area contributed by atoms with E-state index in [0.29, 0.717) is 11.6 Å². The third kappa shape index (κ3) is 6.99. The van der Waals surface area contributed by atoms with Crippen molar-refractivity contribution in [3.05, 3.63) is 40.7 Å². The summed E-state index contributed by atoms with van der Waals surface area (Å²) < 4.78 is 16.2. The fourth-order valence-electron chi connectivity index (χ4n) is 2.69. The molecule has 0 saturated heterocycles. The van der Waals surface area contributed by atoms with Crippen LogP contribution in [0.5, 0.6) is 11.5 Å². The molecule has 2 rings (SSSR count). The second-order valence-electron chi connectivity index (χ2n) is 6.20. The average molecular weight is 366 g/mol. The standard InChI is InChI=1S/C20H28ClNO3/c1-3-9-16-14-18(25-22-16)10-7-5-4-6-8-13-24-20-12-11-17(23-2)15-19(20)21/h11-12,14-15H,3-10,13H2,1-2H3. The van der Waals surface area contributed by atoms with Gasteiger partial charge in [0.2, 0.25) is 0 Å². The molecule has 0 aliphatic heterocycles. The van der Waals surface area contributed by atoms with Gasteiger partial charge in [-0.1, -0.05) is 49.4 Å². The van der Waals surface area contributed by atoms with Gasteiger partial charge in [-0.05, 0) is 31.4 Å². The molecule has 0 aliphatic rings. The van der Waals surface area contributed by atoms with E-state index in [1.807, 2.05) is 12.1 Å². The van der Waals surface area contributed by atoms with Gasteiger partial charge in [0.25, 0.3) is 0 Å². The van der Waals surface area contributed by atoms with E-state index < -0.39 is 0 Å². The summed E-state index contributed by atoms with van der Waals surface area (Å²) in [6, 6.07) is 7.57. The maximum Gasteiger partial charge on any atom is 0.138 e. The molecular formula is C20H28ClNO3. The number of aromatic nitrogens is 1. The highest BCUT2D eigenvalue weighted by Gasteiger charge is 2.04. The van der Waals surface area contributed by atoms with Crippen LogP contribution in [0.15, 0.2) is 28.8 Å². The Bertz CT molecular complexity index is 627. The Kier molecular flexibility index (Phi) is 8.67. The van der Waals surface area contributed by atoms with Gasteiger partial charge in [0, 0.05) is 18.6 Å². The number of halogens is 1. The van der Waals surface area contributed by atoms with Crippen molar-refractivity contribution in [1.29, 1.82) is 0 Å². The molecule has 4 nitrogen and oxygen atoms in total. The molecule has 0 N–H and O–H groups in total. The molecule has 138 valence electrons. The molecule has 0 unspecified atom stereocenters. The van der Waals surface area contributed by atoms with E-state index in [4.69, 9.17) is 25.6 Å². The molecule has 0 fully saturated rings. The fraction of sp³-hybridized carbons (Fsp3) is 0.550. The van der Waals surface area contributed by atoms with E-state index in [1.54, 1.807) is 13.2 Å². The summed E-state index contributed by atoms with van der Waals surface area (Å²) in [5.74, 6) is 2.47. The van der Waals surface area contributed by atoms with E-state index in [-0.39, 0.29) is 0 Å². The number of benzene rings is 1. The van der Waals surface area contributed by atoms with Crippen molar-refractivity contribution in [1.82, 2.24) is 5.16 Å². The molecule has 1 aromatic heterocycles. The lowest BCUT2D eigenvalue weighted by atomic mass is 10.1. The van der Waals surface area contributed by atoms with Crippen molar-refractivity contribution in [2.45, 2.75) is 58.3 Å². The van der Waals surface area contributed by atoms with Crippen molar-refractivity contribution in [3.8, 4) is 11.5 Å². The first-order valence-corrected chi connectivity index (χ1v) is 9.51. The molecule has 1 heterocycles. The van der Waals surface area contributed by atoms with Crippen LogP contribution >= 0.6 is 11.6 Å². The first-order valence-electron chi connectivity index (χ1n) is 9.13. The molecule has 0 atom stereocenters. The first-order chi connectivity index (χ1) is 12.2. The van der Waals surface area contributed by atoms with Gasteiger partial charge in [0.05, 0.1) is 24.4 Å². The van der Waals surface area contributed by atoms with Crippen LogP contribution in [0, 0.1) is 0 Å². The Hall–Kier alpha value is -1.68. The quantitative estimate of drug-likeness (QED) is 0.442. The Morgan fingerprint density at radius 2 is 1.84 bits per heavy atom. The molecule has 0 spiro atoms. The number of hydrogen-bond donors (Lipinski definition) is 0. The molecule has 25 heavy (non-hydrogen) atoms. The predicted molar refractivity (Wildman–Crippen MR) is 101 cm³/mol. The van der Waals surface area contributed by atoms with Crippen LogP contribution in [0.2, 0.25) is 5.02 Å². The summed E-state index contributed by atoms with van der Waals surface area (Å²) in [6.07, 6.45) is 8.83. The number of hydrogen-bond acceptors (Lipinski definition) is 4. The molecule has 0 amide bonds. The van der Waals surface area contributed by atoms with Crippen molar-refractivity contribution in [2.24, 2.45) is 0 Å². The first kappa shape index (κ1) is 19.6. The second-order valence-corrected chi connectivity index (χ2v) is 6.60. The van der Waals surface area contributed by atoms with E-state index in [1.165, 1.54) is 12.8 Å². The Labute approximate surface area is 155 Å². The Balaban J connectivity index is 1.52. The lowest BCUT2D eigenvalue weighted by molar-refractivity contribution is 0.303. The van der Waals surface area contributed by atoms with Gasteiger partial charge < -0.3 is 14.0 Å². The summed E-state index contributed by atoms with van der Waals surface area (Å²) in [6.45, 7) is 2.84. The molecular weight excluding hydrogens is 338 g/mol. The maximum atomic E-state index is 6.15. The van der Waals surface area contributed by atoms with Gasteiger partial charge in [-0.3, -0.25) is 0 Å². The molecule has 0 aliphatic carbocycles. The van der Waals surface area contributed by atoms with Crippen molar-refractivity contribution in [2.75, 3.05) is 13.7 Å². The van der Waals surface area contributed by atoms with Crippen molar-refractivity contribution >= 4 is 11.6 Å². The number of nitrogens with zero attached hydrogens (tertiary/aromatic N) is 1. The monoisotopic (exact) mass is 365 g/mol. The number of ether oxygens (including phenoxy) is 2. The molecule has 0 saturated carbocycles. The SMILES string of the molecule is CCCc1cc(CCCCCCCOc2ccc(OC)cc2Cl)on1. The minimum absolute atomic E-state index is 0.592. The topological polar surface area (TPSA) is 44.5 Å². The van der Waals surface area contributed by atoms with E-state index >= 15 is 0 Å². The summed E-state index contributed by atoms with van der Waals surface area (Å²) in [4.78, 5) is 0. The van der Waals surface area contributed by atoms with E-state index in [9.17, 15) is 0 Å². The normalized spacial score (nSPS) is 10.8. The molecule has 5 heteroatoms. The van der Waals surface area contributed by atoms with Crippen LogP contribution in [-0.2, 0) is 12.8 Å². The summed E-state index contributed by atoms with van der Waals surface area (Å²) in [5.41, 5.74) is 1.08. The van der Waals surface area contributed by atoms with Crippen LogP contribution in [-0.4, -0.2) is 18.9 Å². The van der Waals surface area contributed by atoms with Crippen LogP contribution in [0.4, 0.5) is 0 Å². The lowest BCUT2D eigenvalue weighted by Crippen LogP contribution is -1.98. The van der Waals surface area contributed by atoms with E-state index in [0.717, 1.165) is 61.5 Å². The number of unbranched alkanes of at least 4 members (excludes halogenated alkanes) is 4. The Morgan fingerprint density at radius 3 is 2.60 bits per heavy atom. The number of rotatable bonds is 12. The zero-order valence-electron chi connectivity index (χ0n) is 15.2. The highest BCUT2D eigenvalue weighted by molar-refractivity contribution is 6.32. The van der Waals surface area contributed by atoms with Crippen LogP contribution in [0.25, 0.3) is 0 Å². The predicted octanol–water partition coefficient (Wildman–Crippen LogP) is 5.86. The summed E-state index contributed by atoms with van der Waals surface area (Å²) >= 11 is 6.15. The number of methoxy groups -OCH3 is 1. The van der Waals surface area contributed by atoms with Crippen LogP contribution in [0.1, 0.15) is 56.9 Å². The molecule has 0 radical (unpaired) electrons. The van der Waals surface area contributed by atoms with Gasteiger partial charge >= 0.3 is 0 Å². The third-order valence-corrected chi connectivity index (χ3v) is 4.37. The van der Waals surface area contributed by atoms with Gasteiger partial charge in [0.1, 0.15) is 17.3 Å². The van der Waals surface area contributed by atoms with E-state index in [2.05, 4.69) is 18.1 Å². The second kappa shape index (κ2) is 11.0. The molecule has 1 aromatic carbocycles. The lowest BCUT2D eigenvalue weighted by Gasteiger charge is -2.09. The zero-order valence-corrected chi connectivity index (χ0v) is 16.0. The van der Waals surface area contributed by atoms with Gasteiger partial charge in [-0.15, -0.1) is 0 Å². The minimum Gasteiger partial charge on any atom is -0.497 e. The summed E-state index contributed by atoms with van der Waals surface area (Å²) in [5, 5.41) is 4.67. The van der Waals surface area contributed by atoms with Gasteiger partial charge in [0.15, 0.2) is 0 Å². The highest BCUT2D eigenvalue weighted by atomic mass is 35.5. The molecule has 0 bridgehead atoms. The number of aryl methyl sites for hydroxylation is 2. The minimum atomic E-state index is 0.592. The molecule has 2 aromatic rings. The highest BCUT2D eigenvalue weighted by Crippen LogP contribution is 2.28. The summed E-state index contributed by atoms with van der Waals surface area (Å²) in [7, 11) is 1.62. The fourth-order valence-corrected chi connectivity index (χ4v) is 2.91. The van der Waals surface area contributed by atoms with Crippen LogP contribution < -0.4 is 9.47 Å². The van der Waals surface area contributed by atoms with Crippen molar-refractivity contribution < 1.29 is 14.0 Å². The smallest absolute Gasteiger partial charge is 0.138 e. The largest absolute Gasteiger partial charge is 0.497 e. The average Bonchev–Trinajstić information content (AvgIpc) is 3.06. The Morgan fingerprint density at radius 1 is 1.04 bits per heavy atom.